The quantitative estimate of drug-likeness (QED) is 0.0214. The van der Waals surface area contributed by atoms with Crippen LogP contribution in [0.25, 0.3) is 21.5 Å². The molecule has 0 amide bonds. The molecule has 4 aliphatic heterocycles. The Morgan fingerprint density at radius 3 is 1.09 bits per heavy atom. The number of hydrogen-bond donors (Lipinski definition) is 0. The average Bonchev–Trinajstić information content (AvgIpc) is 1.58. The van der Waals surface area contributed by atoms with Crippen LogP contribution < -0.4 is 28.4 Å². The van der Waals surface area contributed by atoms with Crippen molar-refractivity contribution in [2.24, 2.45) is 0 Å². The summed E-state index contributed by atoms with van der Waals surface area (Å²) in [5.74, 6) is 0. The first-order valence-corrected chi connectivity index (χ1v) is 47.7. The zero-order valence-corrected chi connectivity index (χ0v) is 75.0. The van der Waals surface area contributed by atoms with Crippen molar-refractivity contribution in [3.8, 4) is 0 Å². The van der Waals surface area contributed by atoms with Crippen molar-refractivity contribution < 1.29 is 38.0 Å². The lowest BCUT2D eigenvalue weighted by molar-refractivity contribution is -2.00. The fraction of sp³-hybridized carbons (Fsp3) is 0.566. The van der Waals surface area contributed by atoms with Crippen LogP contribution in [0.2, 0.25) is 0 Å². The van der Waals surface area contributed by atoms with Gasteiger partial charge in [0.1, 0.15) is 13.1 Å². The van der Waals surface area contributed by atoms with Crippen LogP contribution in [0.15, 0.2) is 193 Å². The summed E-state index contributed by atoms with van der Waals surface area (Å²) >= 11 is 0. The van der Waals surface area contributed by atoms with Crippen LogP contribution in [0.1, 0.15) is 362 Å². The van der Waals surface area contributed by atoms with Crippen LogP contribution in [-0.4, -0.2) is 46.8 Å². The molecule has 0 radical (unpaired) electrons. The molecular formula is C106H154ClN4O4+. The molecule has 0 aromatic heterocycles. The molecule has 6 aromatic carbocycles. The van der Waals surface area contributed by atoms with Gasteiger partial charge in [0.2, 0.25) is 11.4 Å². The van der Waals surface area contributed by atoms with E-state index in [-0.39, 0.29) is 21.7 Å². The van der Waals surface area contributed by atoms with E-state index in [9.17, 15) is 0 Å². The highest BCUT2D eigenvalue weighted by Gasteiger charge is 2.47. The Hall–Kier alpha value is -6.65. The van der Waals surface area contributed by atoms with Gasteiger partial charge in [-0.05, 0) is 116 Å². The fourth-order valence-corrected chi connectivity index (χ4v) is 19.1. The third kappa shape index (κ3) is 27.7. The van der Waals surface area contributed by atoms with Gasteiger partial charge in [-0.25, -0.2) is 18.6 Å². The lowest BCUT2D eigenvalue weighted by atomic mass is 9.79. The van der Waals surface area contributed by atoms with Gasteiger partial charge in [-0.3, -0.25) is 0 Å². The molecule has 0 saturated heterocycles. The minimum atomic E-state index is -4.94. The largest absolute Gasteiger partial charge is 0.344 e. The summed E-state index contributed by atoms with van der Waals surface area (Å²) in [5.41, 5.74) is 17.0. The molecule has 4 heterocycles. The minimum absolute atomic E-state index is 0.00116. The van der Waals surface area contributed by atoms with E-state index in [2.05, 4.69) is 284 Å². The number of fused-ring (bicyclic) bond motifs is 8. The topological polar surface area (TPSA) is 105 Å². The predicted octanol–water partition coefficient (Wildman–Crippen LogP) is 26.9. The van der Waals surface area contributed by atoms with Crippen molar-refractivity contribution in [2.75, 3.05) is 36.0 Å². The van der Waals surface area contributed by atoms with Gasteiger partial charge in [-0.15, -0.1) is 10.2 Å². The molecule has 628 valence electrons. The molecule has 6 aromatic rings. The maximum Gasteiger partial charge on any atom is 0.210 e. The summed E-state index contributed by atoms with van der Waals surface area (Å²) in [5, 5.41) is 5.46. The highest BCUT2D eigenvalue weighted by Crippen LogP contribution is 2.52. The molecule has 0 spiro atoms. The third-order valence-electron chi connectivity index (χ3n) is 25.5. The molecular weight excluding hydrogens is 1430 g/mol. The summed E-state index contributed by atoms with van der Waals surface area (Å²) in [4.78, 5) is 5.28. The molecule has 115 heavy (non-hydrogen) atoms. The summed E-state index contributed by atoms with van der Waals surface area (Å²) in [6, 6.07) is 45.6. The second-order valence-corrected chi connectivity index (χ2v) is 36.7. The number of nitrogens with zero attached hydrogens (tertiary/aromatic N) is 4. The monoisotopic (exact) mass is 1580 g/mol. The van der Waals surface area contributed by atoms with E-state index in [1.165, 1.54) is 346 Å². The van der Waals surface area contributed by atoms with Crippen LogP contribution in [0.4, 0.5) is 22.7 Å². The summed E-state index contributed by atoms with van der Waals surface area (Å²) < 4.78 is 39.2. The van der Waals surface area contributed by atoms with Gasteiger partial charge < -0.3 is 9.80 Å². The Balaban J connectivity index is 0.000000274. The Morgan fingerprint density at radius 2 is 0.635 bits per heavy atom. The van der Waals surface area contributed by atoms with E-state index in [0.29, 0.717) is 0 Å². The van der Waals surface area contributed by atoms with Gasteiger partial charge >= 0.3 is 0 Å². The van der Waals surface area contributed by atoms with Gasteiger partial charge in [0.15, 0.2) is 11.4 Å². The van der Waals surface area contributed by atoms with Crippen LogP contribution >= 0.6 is 0 Å². The zero-order valence-electron chi connectivity index (χ0n) is 74.2. The molecule has 0 aliphatic carbocycles. The highest BCUT2D eigenvalue weighted by atomic mass is 35.7. The molecule has 9 heteroatoms. The van der Waals surface area contributed by atoms with Crippen LogP contribution in [0, 0.1) is 10.2 Å². The van der Waals surface area contributed by atoms with Crippen LogP contribution in [0.5, 0.6) is 0 Å². The standard InChI is InChI=1S/C57H79N2.C49H75N2.ClHO4/c1-7-9-11-13-15-17-19-21-23-32-44-58-50-42-40-46-34-28-30-36-48(46)54(50)56(3,4)52(58)38-26-25-27-39-53-57(5,6)55-49-37-31-29-35-47(49)41-43-51(55)59(53)45-33-24-22-20-18-16-14-12-10-8-2;1-7-9-11-13-15-17-19-21-23-32-40-50-44-36-30-28-34-42(44)48(3,4)46(50)38-26-25-27-39-47-49(5,6)43-35-29-31-37-45(43)51(47)41-33-24-22-20-18-16-14-12-10-8-2;2-1(3,4)5/h25-31,34-43H,7-24,32-33,44-45H2,1-6H3;25-31,34-39H,7-24,32-33,40-41H2,1-6H3;(H,2,3,4,5)/q2*+1;/p-1. The molecule has 0 saturated carbocycles. The summed E-state index contributed by atoms with van der Waals surface area (Å²) in [7, 11) is -4.94. The summed E-state index contributed by atoms with van der Waals surface area (Å²) in [6.07, 6.45) is 78.1. The van der Waals surface area contributed by atoms with Crippen LogP contribution in [-0.2, 0) is 21.7 Å². The molecule has 4 aliphatic rings. The van der Waals surface area contributed by atoms with Crippen molar-refractivity contribution in [3.05, 3.63) is 216 Å². The number of para-hydroxylation sites is 2. The molecule has 0 N–H and O–H groups in total. The Kier molecular flexibility index (Phi) is 40.0. The number of hydrogen-bond acceptors (Lipinski definition) is 6. The highest BCUT2D eigenvalue weighted by molar-refractivity contribution is 6.08. The number of benzene rings is 6. The van der Waals surface area contributed by atoms with Crippen molar-refractivity contribution in [2.45, 2.75) is 362 Å². The van der Waals surface area contributed by atoms with Gasteiger partial charge in [0.05, 0.1) is 10.8 Å². The van der Waals surface area contributed by atoms with E-state index >= 15 is 0 Å². The lowest BCUT2D eigenvalue weighted by Gasteiger charge is -2.27. The SMILES string of the molecule is CCCCCCCCCCCCN1C(=CC=CC=CC2=[N+](CCCCCCCCCCCC)c3ccccc3C2(C)C)C(C)(C)c2ccccc21.CCCCCCCCCCCCN1\C(=C/C=C/C=C/C2=[N+](CCCCCCCCCCCC)c3ccc4ccccc4c3C2(C)C)C(C)(C)c2c1ccc1ccccc21.[O-][Cl+3]([O-])([O-])[O-]. The normalized spacial score (nSPS) is 16.6. The molecule has 10 rings (SSSR count). The maximum absolute atomic E-state index is 8.49. The molecule has 8 nitrogen and oxygen atoms in total. The number of anilines is 2. The Labute approximate surface area is 702 Å². The fourth-order valence-electron chi connectivity index (χ4n) is 19.1. The van der Waals surface area contributed by atoms with Crippen molar-refractivity contribution in [3.63, 3.8) is 0 Å². The lowest BCUT2D eigenvalue weighted by Crippen LogP contribution is -2.68. The van der Waals surface area contributed by atoms with E-state index < -0.39 is 10.2 Å². The molecule has 0 atom stereocenters. The number of unbranched alkanes of at least 4 members (excludes halogenated alkanes) is 36. The third-order valence-corrected chi connectivity index (χ3v) is 25.5. The van der Waals surface area contributed by atoms with Crippen molar-refractivity contribution in [1.82, 2.24) is 0 Å². The van der Waals surface area contributed by atoms with E-state index in [4.69, 9.17) is 18.6 Å². The predicted molar refractivity (Wildman–Crippen MR) is 487 cm³/mol. The van der Waals surface area contributed by atoms with Gasteiger partial charge in [0.25, 0.3) is 0 Å². The second kappa shape index (κ2) is 49.0. The van der Waals surface area contributed by atoms with Crippen LogP contribution in [0.3, 0.4) is 0 Å². The molecule has 0 unspecified atom stereocenters. The van der Waals surface area contributed by atoms with Crippen molar-refractivity contribution in [1.29, 1.82) is 0 Å². The first-order valence-electron chi connectivity index (χ1n) is 46.5. The van der Waals surface area contributed by atoms with Gasteiger partial charge in [-0.2, -0.15) is 9.15 Å². The van der Waals surface area contributed by atoms with Crippen molar-refractivity contribution >= 4 is 55.7 Å². The summed E-state index contributed by atoms with van der Waals surface area (Å²) in [6.45, 7) is 32.9. The smallest absolute Gasteiger partial charge is 0.210 e. The first kappa shape index (κ1) is 93.8. The zero-order chi connectivity index (χ0) is 82.4. The Bertz CT molecular complexity index is 4140. The minimum Gasteiger partial charge on any atom is -0.344 e. The van der Waals surface area contributed by atoms with Gasteiger partial charge in [-0.1, -0.05) is 401 Å². The van der Waals surface area contributed by atoms with E-state index in [1.54, 1.807) is 0 Å². The molecule has 0 fully saturated rings. The maximum atomic E-state index is 8.49. The number of rotatable bonds is 50. The van der Waals surface area contributed by atoms with E-state index in [1.807, 2.05) is 0 Å². The Morgan fingerprint density at radius 1 is 0.296 bits per heavy atom. The number of halogens is 1. The number of allylic oxidation sites excluding steroid dienone is 12. The second-order valence-electron chi connectivity index (χ2n) is 36.0. The first-order chi connectivity index (χ1) is 55.6. The van der Waals surface area contributed by atoms with E-state index in [0.717, 1.165) is 26.2 Å². The van der Waals surface area contributed by atoms with Gasteiger partial charge in [0, 0.05) is 94.9 Å². The average molecular weight is 1580 g/mol. The molecule has 0 bridgehead atoms.